The summed E-state index contributed by atoms with van der Waals surface area (Å²) in [5.74, 6) is -0.503. The van der Waals surface area contributed by atoms with Crippen molar-refractivity contribution in [2.45, 2.75) is 19.2 Å². The summed E-state index contributed by atoms with van der Waals surface area (Å²) < 4.78 is 46.4. The first-order valence-electron chi connectivity index (χ1n) is 9.68. The predicted molar refractivity (Wildman–Crippen MR) is 119 cm³/mol. The lowest BCUT2D eigenvalue weighted by Gasteiger charge is -2.17. The third-order valence-electron chi connectivity index (χ3n) is 4.45. The highest BCUT2D eigenvalue weighted by Gasteiger charge is 2.31. The van der Waals surface area contributed by atoms with Gasteiger partial charge in [0.25, 0.3) is 0 Å². The van der Waals surface area contributed by atoms with E-state index in [1.165, 1.54) is 17.0 Å². The average Bonchev–Trinajstić information content (AvgIpc) is 3.13. The topological polar surface area (TPSA) is 80.8 Å². The van der Waals surface area contributed by atoms with Crippen LogP contribution in [0.4, 0.5) is 23.1 Å². The van der Waals surface area contributed by atoms with Gasteiger partial charge < -0.3 is 14.4 Å². The van der Waals surface area contributed by atoms with E-state index < -0.39 is 12.5 Å². The van der Waals surface area contributed by atoms with Crippen molar-refractivity contribution in [3.05, 3.63) is 53.1 Å². The molecule has 0 bridgehead atoms. The molecule has 7 nitrogen and oxygen atoms in total. The number of thiazole rings is 1. The van der Waals surface area contributed by atoms with Crippen LogP contribution in [0.3, 0.4) is 0 Å². The SMILES string of the molecule is CN(CCOC(=O)Nc1nc2ccc(OC(F)(F)F)cc2s1)C(=O)CCc1ccccc1Cl. The first-order valence-corrected chi connectivity index (χ1v) is 10.9. The number of rotatable bonds is 8. The van der Waals surface area contributed by atoms with Crippen molar-refractivity contribution in [1.82, 2.24) is 9.88 Å². The van der Waals surface area contributed by atoms with Crippen LogP contribution in [0.2, 0.25) is 5.02 Å². The molecular weight excluding hydrogens is 483 g/mol. The molecule has 33 heavy (non-hydrogen) atoms. The molecule has 0 fully saturated rings. The van der Waals surface area contributed by atoms with Crippen LogP contribution in [0.15, 0.2) is 42.5 Å². The van der Waals surface area contributed by atoms with E-state index in [0.717, 1.165) is 23.0 Å². The van der Waals surface area contributed by atoms with E-state index in [-0.39, 0.29) is 36.4 Å². The average molecular weight is 502 g/mol. The lowest BCUT2D eigenvalue weighted by molar-refractivity contribution is -0.274. The Morgan fingerprint density at radius 3 is 2.70 bits per heavy atom. The number of benzene rings is 2. The maximum atomic E-state index is 12.3. The van der Waals surface area contributed by atoms with Crippen LogP contribution >= 0.6 is 22.9 Å². The standard InChI is InChI=1S/C21H19ClF3N3O4S/c1-28(18(29)9-6-13-4-2-3-5-15(13)22)10-11-31-20(30)27-19-26-16-8-7-14(12-17(16)33-19)32-21(23,24)25/h2-5,7-8,12H,6,9-11H2,1H3,(H,26,27,30). The minimum absolute atomic E-state index is 0.0470. The molecule has 0 aliphatic rings. The van der Waals surface area contributed by atoms with Gasteiger partial charge in [0.2, 0.25) is 5.91 Å². The van der Waals surface area contributed by atoms with Gasteiger partial charge in [0.1, 0.15) is 12.4 Å². The number of nitrogens with one attached hydrogen (secondary N) is 1. The molecule has 0 spiro atoms. The highest BCUT2D eigenvalue weighted by molar-refractivity contribution is 7.22. The minimum atomic E-state index is -4.80. The lowest BCUT2D eigenvalue weighted by Crippen LogP contribution is -2.31. The van der Waals surface area contributed by atoms with E-state index in [2.05, 4.69) is 15.0 Å². The summed E-state index contributed by atoms with van der Waals surface area (Å²) in [6.45, 7) is 0.140. The monoisotopic (exact) mass is 501 g/mol. The lowest BCUT2D eigenvalue weighted by atomic mass is 10.1. The molecule has 3 rings (SSSR count). The minimum Gasteiger partial charge on any atom is -0.447 e. The second-order valence-corrected chi connectivity index (χ2v) is 8.30. The van der Waals surface area contributed by atoms with Crippen LogP contribution in [-0.4, -0.2) is 48.4 Å². The zero-order valence-corrected chi connectivity index (χ0v) is 18.9. The first-order chi connectivity index (χ1) is 15.6. The fourth-order valence-corrected chi connectivity index (χ4v) is 3.92. The molecule has 0 saturated heterocycles. The van der Waals surface area contributed by atoms with Crippen molar-refractivity contribution < 1.29 is 32.2 Å². The maximum Gasteiger partial charge on any atom is 0.573 e. The molecule has 3 aromatic rings. The number of fused-ring (bicyclic) bond motifs is 1. The first kappa shape index (κ1) is 24.6. The number of carbonyl (C=O) groups excluding carboxylic acids is 2. The van der Waals surface area contributed by atoms with E-state index in [4.69, 9.17) is 16.3 Å². The Kier molecular flexibility index (Phi) is 7.98. The number of nitrogens with zero attached hydrogens (tertiary/aromatic N) is 2. The third kappa shape index (κ3) is 7.50. The van der Waals surface area contributed by atoms with E-state index in [1.54, 1.807) is 13.1 Å². The van der Waals surface area contributed by atoms with Gasteiger partial charge in [-0.1, -0.05) is 41.1 Å². The van der Waals surface area contributed by atoms with Gasteiger partial charge in [-0.05, 0) is 30.2 Å². The molecule has 1 N–H and O–H groups in total. The zero-order valence-electron chi connectivity index (χ0n) is 17.3. The van der Waals surface area contributed by atoms with Gasteiger partial charge in [-0.2, -0.15) is 0 Å². The van der Waals surface area contributed by atoms with Crippen molar-refractivity contribution in [3.8, 4) is 5.75 Å². The summed E-state index contributed by atoms with van der Waals surface area (Å²) in [4.78, 5) is 29.8. The molecule has 0 radical (unpaired) electrons. The Labute approximate surface area is 196 Å². The predicted octanol–water partition coefficient (Wildman–Crippen LogP) is 5.49. The van der Waals surface area contributed by atoms with Gasteiger partial charge in [0.15, 0.2) is 5.13 Å². The highest BCUT2D eigenvalue weighted by Crippen LogP contribution is 2.31. The number of aromatic nitrogens is 1. The van der Waals surface area contributed by atoms with E-state index >= 15 is 0 Å². The fourth-order valence-electron chi connectivity index (χ4n) is 2.81. The van der Waals surface area contributed by atoms with E-state index in [9.17, 15) is 22.8 Å². The second kappa shape index (κ2) is 10.7. The molecule has 1 heterocycles. The van der Waals surface area contributed by atoms with Crippen molar-refractivity contribution in [3.63, 3.8) is 0 Å². The van der Waals surface area contributed by atoms with Crippen LogP contribution < -0.4 is 10.1 Å². The summed E-state index contributed by atoms with van der Waals surface area (Å²) in [6, 6.07) is 11.0. The van der Waals surface area contributed by atoms with Crippen molar-refractivity contribution in [2.75, 3.05) is 25.5 Å². The van der Waals surface area contributed by atoms with Crippen molar-refractivity contribution in [2.24, 2.45) is 0 Å². The van der Waals surface area contributed by atoms with E-state index in [1.807, 2.05) is 18.2 Å². The molecule has 2 aromatic carbocycles. The largest absolute Gasteiger partial charge is 0.573 e. The van der Waals surface area contributed by atoms with Crippen LogP contribution in [-0.2, 0) is 16.0 Å². The number of anilines is 1. The molecule has 0 saturated carbocycles. The van der Waals surface area contributed by atoms with Crippen LogP contribution in [0.5, 0.6) is 5.75 Å². The number of ether oxygens (including phenoxy) is 2. The summed E-state index contributed by atoms with van der Waals surface area (Å²) in [6.07, 6.45) is -4.83. The van der Waals surface area contributed by atoms with Gasteiger partial charge in [0.05, 0.1) is 16.8 Å². The van der Waals surface area contributed by atoms with Crippen LogP contribution in [0.1, 0.15) is 12.0 Å². The molecule has 176 valence electrons. The van der Waals surface area contributed by atoms with E-state index in [0.29, 0.717) is 21.7 Å². The number of hydrogen-bond acceptors (Lipinski definition) is 6. The fraction of sp³-hybridized carbons (Fsp3) is 0.286. The Morgan fingerprint density at radius 2 is 1.97 bits per heavy atom. The normalized spacial score (nSPS) is 11.3. The molecule has 0 aliphatic heterocycles. The number of halogens is 4. The maximum absolute atomic E-state index is 12.3. The Hall–Kier alpha value is -3.05. The highest BCUT2D eigenvalue weighted by atomic mass is 35.5. The number of likely N-dealkylation sites (N-methyl/N-ethyl adjacent to an activating group) is 1. The Bertz CT molecular complexity index is 1140. The molecular formula is C21H19ClF3N3O4S. The van der Waals surface area contributed by atoms with Crippen molar-refractivity contribution >= 4 is 50.3 Å². The van der Waals surface area contributed by atoms with Crippen LogP contribution in [0, 0.1) is 0 Å². The third-order valence-corrected chi connectivity index (χ3v) is 5.76. The van der Waals surface area contributed by atoms with Gasteiger partial charge >= 0.3 is 12.5 Å². The summed E-state index contributed by atoms with van der Waals surface area (Å²) in [5.41, 5.74) is 1.28. The molecule has 0 atom stereocenters. The number of amides is 2. The Morgan fingerprint density at radius 1 is 1.21 bits per heavy atom. The summed E-state index contributed by atoms with van der Waals surface area (Å²) in [5, 5.41) is 3.18. The van der Waals surface area contributed by atoms with Gasteiger partial charge in [-0.3, -0.25) is 10.1 Å². The molecule has 2 amide bonds. The summed E-state index contributed by atoms with van der Waals surface area (Å²) in [7, 11) is 1.60. The molecule has 12 heteroatoms. The van der Waals surface area contributed by atoms with Crippen LogP contribution in [0.25, 0.3) is 10.2 Å². The second-order valence-electron chi connectivity index (χ2n) is 6.86. The van der Waals surface area contributed by atoms with Gasteiger partial charge in [0, 0.05) is 24.6 Å². The van der Waals surface area contributed by atoms with Crippen molar-refractivity contribution in [1.29, 1.82) is 0 Å². The van der Waals surface area contributed by atoms with Gasteiger partial charge in [-0.15, -0.1) is 13.2 Å². The molecule has 0 aliphatic carbocycles. The smallest absolute Gasteiger partial charge is 0.447 e. The Balaban J connectivity index is 1.43. The zero-order chi connectivity index (χ0) is 24.0. The number of hydrogen-bond donors (Lipinski definition) is 1. The quantitative estimate of drug-likeness (QED) is 0.441. The number of carbonyl (C=O) groups is 2. The summed E-state index contributed by atoms with van der Waals surface area (Å²) >= 11 is 7.06. The molecule has 0 unspecified atom stereocenters. The number of alkyl halides is 3. The van der Waals surface area contributed by atoms with Gasteiger partial charge in [-0.25, -0.2) is 9.78 Å². The molecule has 1 aromatic heterocycles. The number of aryl methyl sites for hydroxylation is 1.